The third kappa shape index (κ3) is 4.39. The Morgan fingerprint density at radius 3 is 2.66 bits per heavy atom. The van der Waals surface area contributed by atoms with E-state index in [0.29, 0.717) is 48.7 Å². The smallest absolute Gasteiger partial charge is 0.241 e. The number of para-hydroxylation sites is 1. The predicted octanol–water partition coefficient (Wildman–Crippen LogP) is 2.90. The molecule has 32 heavy (non-hydrogen) atoms. The van der Waals surface area contributed by atoms with E-state index in [1.807, 2.05) is 48.5 Å². The first-order chi connectivity index (χ1) is 15.6. The first-order valence-electron chi connectivity index (χ1n) is 10.8. The van der Waals surface area contributed by atoms with Gasteiger partial charge in [-0.3, -0.25) is 4.90 Å². The number of likely N-dealkylation sites (tertiary alicyclic amines) is 1. The van der Waals surface area contributed by atoms with Crippen LogP contribution in [0.2, 0.25) is 0 Å². The van der Waals surface area contributed by atoms with Crippen molar-refractivity contribution >= 4 is 20.8 Å². The van der Waals surface area contributed by atoms with E-state index >= 15 is 0 Å². The standard InChI is InChI=1S/C24H26N2O5S/c27-32(28,23-10-3-6-19-5-1-2-7-20(19)23)25-15-18-16-26(17-18)11-12-29-21-8-4-9-22-24(21)31-14-13-30-22/h1-10,18,25H,11-17H2. The summed E-state index contributed by atoms with van der Waals surface area (Å²) in [5, 5.41) is 1.66. The molecule has 2 heterocycles. The van der Waals surface area contributed by atoms with E-state index in [4.69, 9.17) is 14.2 Å². The Labute approximate surface area is 187 Å². The molecule has 0 saturated carbocycles. The van der Waals surface area contributed by atoms with Crippen LogP contribution in [0.5, 0.6) is 17.2 Å². The molecule has 3 aromatic rings. The Balaban J connectivity index is 1.09. The van der Waals surface area contributed by atoms with Crippen LogP contribution in [0, 0.1) is 5.92 Å². The number of hydrogen-bond donors (Lipinski definition) is 1. The van der Waals surface area contributed by atoms with E-state index in [9.17, 15) is 8.42 Å². The summed E-state index contributed by atoms with van der Waals surface area (Å²) in [6.45, 7) is 4.50. The number of hydrogen-bond acceptors (Lipinski definition) is 6. The molecule has 0 radical (unpaired) electrons. The van der Waals surface area contributed by atoms with Crippen molar-refractivity contribution in [1.82, 2.24) is 9.62 Å². The number of sulfonamides is 1. The van der Waals surface area contributed by atoms with Crippen LogP contribution in [0.1, 0.15) is 0 Å². The Hall–Kier alpha value is -2.81. The van der Waals surface area contributed by atoms with Crippen LogP contribution in [-0.4, -0.2) is 59.3 Å². The zero-order valence-corrected chi connectivity index (χ0v) is 18.5. The SMILES string of the molecule is O=S(=O)(NCC1CN(CCOc2cccc3c2OCCO3)C1)c1cccc2ccccc12. The lowest BCUT2D eigenvalue weighted by molar-refractivity contribution is 0.0835. The van der Waals surface area contributed by atoms with Crippen molar-refractivity contribution in [3.8, 4) is 17.2 Å². The second kappa shape index (κ2) is 8.97. The van der Waals surface area contributed by atoms with Crippen molar-refractivity contribution in [2.75, 3.05) is 46.0 Å². The molecule has 0 aromatic heterocycles. The summed E-state index contributed by atoms with van der Waals surface area (Å²) in [6, 6.07) is 18.5. The number of benzene rings is 3. The van der Waals surface area contributed by atoms with Gasteiger partial charge in [0.15, 0.2) is 11.5 Å². The number of nitrogens with zero attached hydrogens (tertiary/aromatic N) is 1. The van der Waals surface area contributed by atoms with Crippen LogP contribution in [0.15, 0.2) is 65.6 Å². The molecule has 2 aliphatic heterocycles. The average Bonchev–Trinajstić information content (AvgIpc) is 2.79. The minimum Gasteiger partial charge on any atom is -0.488 e. The molecule has 0 aliphatic carbocycles. The molecule has 1 saturated heterocycles. The van der Waals surface area contributed by atoms with E-state index in [1.54, 1.807) is 12.1 Å². The second-order valence-corrected chi connectivity index (χ2v) is 9.82. The van der Waals surface area contributed by atoms with Gasteiger partial charge in [-0.25, -0.2) is 13.1 Å². The number of ether oxygens (including phenoxy) is 3. The Morgan fingerprint density at radius 1 is 0.969 bits per heavy atom. The lowest BCUT2D eigenvalue weighted by atomic mass is 10.0. The Morgan fingerprint density at radius 2 is 1.75 bits per heavy atom. The maximum absolute atomic E-state index is 12.9. The lowest BCUT2D eigenvalue weighted by Gasteiger charge is -2.39. The summed E-state index contributed by atoms with van der Waals surface area (Å²) in [5.41, 5.74) is 0. The molecule has 8 heteroatoms. The maximum atomic E-state index is 12.9. The van der Waals surface area contributed by atoms with Gasteiger partial charge >= 0.3 is 0 Å². The molecule has 7 nitrogen and oxygen atoms in total. The predicted molar refractivity (Wildman–Crippen MR) is 122 cm³/mol. The summed E-state index contributed by atoms with van der Waals surface area (Å²) < 4.78 is 45.6. The molecule has 0 bridgehead atoms. The van der Waals surface area contributed by atoms with Crippen LogP contribution in [-0.2, 0) is 10.0 Å². The molecule has 3 aromatic carbocycles. The molecule has 1 N–H and O–H groups in total. The van der Waals surface area contributed by atoms with E-state index < -0.39 is 10.0 Å². The van der Waals surface area contributed by atoms with Crippen molar-refractivity contribution in [2.24, 2.45) is 5.92 Å². The van der Waals surface area contributed by atoms with Crippen LogP contribution >= 0.6 is 0 Å². The molecule has 0 spiro atoms. The van der Waals surface area contributed by atoms with Gasteiger partial charge in [-0.05, 0) is 29.5 Å². The third-order valence-corrected chi connectivity index (χ3v) is 7.31. The molecule has 1 fully saturated rings. The monoisotopic (exact) mass is 454 g/mol. The molecule has 0 atom stereocenters. The van der Waals surface area contributed by atoms with Gasteiger partial charge in [-0.2, -0.15) is 0 Å². The largest absolute Gasteiger partial charge is 0.488 e. The number of rotatable bonds is 8. The number of fused-ring (bicyclic) bond motifs is 2. The minimum atomic E-state index is -3.56. The number of nitrogens with one attached hydrogen (secondary N) is 1. The highest BCUT2D eigenvalue weighted by molar-refractivity contribution is 7.89. The second-order valence-electron chi connectivity index (χ2n) is 8.08. The zero-order chi connectivity index (χ0) is 22.0. The normalized spacial score (nSPS) is 16.6. The third-order valence-electron chi connectivity index (χ3n) is 5.83. The Bertz CT molecular complexity index is 1200. The van der Waals surface area contributed by atoms with Gasteiger partial charge in [-0.1, -0.05) is 42.5 Å². The summed E-state index contributed by atoms with van der Waals surface area (Å²) in [4.78, 5) is 2.58. The van der Waals surface area contributed by atoms with E-state index in [0.717, 1.165) is 36.2 Å². The fourth-order valence-electron chi connectivity index (χ4n) is 4.17. The topological polar surface area (TPSA) is 77.1 Å². The lowest BCUT2D eigenvalue weighted by Crippen LogP contribution is -2.52. The highest BCUT2D eigenvalue weighted by Crippen LogP contribution is 2.38. The van der Waals surface area contributed by atoms with Crippen LogP contribution in [0.3, 0.4) is 0 Å². The summed E-state index contributed by atoms with van der Waals surface area (Å²) in [7, 11) is -3.56. The van der Waals surface area contributed by atoms with Crippen LogP contribution < -0.4 is 18.9 Å². The van der Waals surface area contributed by atoms with Gasteiger partial charge in [0.2, 0.25) is 15.8 Å². The molecular weight excluding hydrogens is 428 g/mol. The van der Waals surface area contributed by atoms with E-state index in [-0.39, 0.29) is 0 Å². The van der Waals surface area contributed by atoms with Gasteiger partial charge in [-0.15, -0.1) is 0 Å². The zero-order valence-electron chi connectivity index (χ0n) is 17.7. The highest BCUT2D eigenvalue weighted by atomic mass is 32.2. The first kappa shape index (κ1) is 21.1. The van der Waals surface area contributed by atoms with E-state index in [1.165, 1.54) is 0 Å². The molecule has 5 rings (SSSR count). The summed E-state index contributed by atoms with van der Waals surface area (Å²) >= 11 is 0. The van der Waals surface area contributed by atoms with Gasteiger partial charge in [0.25, 0.3) is 0 Å². The highest BCUT2D eigenvalue weighted by Gasteiger charge is 2.28. The maximum Gasteiger partial charge on any atom is 0.241 e. The molecule has 0 unspecified atom stereocenters. The van der Waals surface area contributed by atoms with Gasteiger partial charge < -0.3 is 14.2 Å². The van der Waals surface area contributed by atoms with Crippen molar-refractivity contribution in [3.63, 3.8) is 0 Å². The van der Waals surface area contributed by atoms with Crippen molar-refractivity contribution in [1.29, 1.82) is 0 Å². The minimum absolute atomic E-state index is 0.293. The van der Waals surface area contributed by atoms with Crippen molar-refractivity contribution in [2.45, 2.75) is 4.90 Å². The van der Waals surface area contributed by atoms with Crippen molar-refractivity contribution < 1.29 is 22.6 Å². The van der Waals surface area contributed by atoms with Gasteiger partial charge in [0, 0.05) is 31.6 Å². The van der Waals surface area contributed by atoms with Crippen LogP contribution in [0.4, 0.5) is 0 Å². The average molecular weight is 455 g/mol. The molecular formula is C24H26N2O5S. The molecule has 168 valence electrons. The molecule has 0 amide bonds. The fraction of sp³-hybridized carbons (Fsp3) is 0.333. The summed E-state index contributed by atoms with van der Waals surface area (Å²) in [6.07, 6.45) is 0. The Kier molecular flexibility index (Phi) is 5.91. The van der Waals surface area contributed by atoms with Gasteiger partial charge in [0.05, 0.1) is 4.90 Å². The quantitative estimate of drug-likeness (QED) is 0.564. The molecule has 2 aliphatic rings. The first-order valence-corrected chi connectivity index (χ1v) is 12.3. The van der Waals surface area contributed by atoms with Crippen LogP contribution in [0.25, 0.3) is 10.8 Å². The van der Waals surface area contributed by atoms with E-state index in [2.05, 4.69) is 9.62 Å². The summed E-state index contributed by atoms with van der Waals surface area (Å²) in [5.74, 6) is 2.38. The fourth-order valence-corrected chi connectivity index (χ4v) is 5.51. The van der Waals surface area contributed by atoms with Crippen molar-refractivity contribution in [3.05, 3.63) is 60.7 Å². The van der Waals surface area contributed by atoms with Gasteiger partial charge in [0.1, 0.15) is 19.8 Å².